The molecule has 4 amide bonds. The number of H-pyrrole nitrogens is 1. The number of nitrogens with zero attached hydrogens (tertiary/aromatic N) is 1. The number of carbonyl (C=O) groups is 5. The minimum Gasteiger partial charge on any atom is -0.480 e. The van der Waals surface area contributed by atoms with E-state index in [2.05, 4.69) is 25.9 Å². The summed E-state index contributed by atoms with van der Waals surface area (Å²) in [6, 6.07) is -3.46. The third-order valence-corrected chi connectivity index (χ3v) is 4.45. The Bertz CT molecular complexity index is 796. The van der Waals surface area contributed by atoms with Gasteiger partial charge in [-0.15, -0.1) is 0 Å². The summed E-state index contributed by atoms with van der Waals surface area (Å²) in [6.45, 7) is 3.28. The van der Waals surface area contributed by atoms with Crippen molar-refractivity contribution in [1.29, 1.82) is 0 Å². The van der Waals surface area contributed by atoms with Gasteiger partial charge in [0.15, 0.2) is 0 Å². The van der Waals surface area contributed by atoms with Crippen LogP contribution in [0.3, 0.4) is 0 Å². The Balaban J connectivity index is 2.93. The maximum atomic E-state index is 12.8. The van der Waals surface area contributed by atoms with E-state index in [0.717, 1.165) is 0 Å². The molecule has 0 radical (unpaired) electrons. The molecule has 0 saturated carbocycles. The quantitative estimate of drug-likeness (QED) is 0.163. The van der Waals surface area contributed by atoms with Crippen molar-refractivity contribution < 1.29 is 29.1 Å². The van der Waals surface area contributed by atoms with E-state index in [9.17, 15) is 29.1 Å². The molecule has 0 aliphatic carbocycles. The summed E-state index contributed by atoms with van der Waals surface area (Å²) in [6.07, 6.45) is 2.76. The number of aliphatic carboxylic acids is 1. The van der Waals surface area contributed by atoms with Gasteiger partial charge >= 0.3 is 5.97 Å². The van der Waals surface area contributed by atoms with Gasteiger partial charge in [-0.25, -0.2) is 9.78 Å². The van der Waals surface area contributed by atoms with Crippen LogP contribution in [0.25, 0.3) is 0 Å². The lowest BCUT2D eigenvalue weighted by Gasteiger charge is -2.25. The maximum Gasteiger partial charge on any atom is 0.326 e. The number of carbonyl (C=O) groups excluding carboxylic acids is 4. The van der Waals surface area contributed by atoms with E-state index in [-0.39, 0.29) is 38.1 Å². The van der Waals surface area contributed by atoms with E-state index in [1.165, 1.54) is 12.5 Å². The molecule has 1 aromatic rings. The standard InChI is InChI=1S/C19H31N7O6/c1-10(2)5-13(18(30)26-14(19(31)32)6-11-8-22-9-23-11)25-17(29)12(3-4-15(21)27)24-16(28)7-20/h8-10,12-14H,3-7,20H2,1-2H3,(H2,21,27)(H,22,23)(H,24,28)(H,25,29)(H,26,30)(H,31,32). The highest BCUT2D eigenvalue weighted by molar-refractivity contribution is 5.93. The third-order valence-electron chi connectivity index (χ3n) is 4.45. The van der Waals surface area contributed by atoms with Gasteiger partial charge in [0.25, 0.3) is 0 Å². The predicted molar refractivity (Wildman–Crippen MR) is 113 cm³/mol. The van der Waals surface area contributed by atoms with Crippen molar-refractivity contribution in [2.45, 2.75) is 57.7 Å². The average molecular weight is 454 g/mol. The normalized spacial score (nSPS) is 13.6. The Morgan fingerprint density at radius 2 is 1.69 bits per heavy atom. The minimum atomic E-state index is -1.25. The lowest BCUT2D eigenvalue weighted by molar-refractivity contribution is -0.142. The van der Waals surface area contributed by atoms with Crippen LogP contribution in [0.15, 0.2) is 12.5 Å². The molecule has 0 fully saturated rings. The number of carboxylic acid groups (broad SMARTS) is 1. The number of amides is 4. The fraction of sp³-hybridized carbons (Fsp3) is 0.579. The largest absolute Gasteiger partial charge is 0.480 e. The van der Waals surface area contributed by atoms with Gasteiger partial charge < -0.3 is 37.5 Å². The van der Waals surface area contributed by atoms with Crippen molar-refractivity contribution >= 4 is 29.6 Å². The lowest BCUT2D eigenvalue weighted by atomic mass is 10.0. The molecular weight excluding hydrogens is 422 g/mol. The molecule has 0 spiro atoms. The molecule has 1 aromatic heterocycles. The molecule has 13 nitrogen and oxygen atoms in total. The Kier molecular flexibility index (Phi) is 10.8. The summed E-state index contributed by atoms with van der Waals surface area (Å²) in [5.41, 5.74) is 10.9. The number of imidazole rings is 1. The van der Waals surface area contributed by atoms with Crippen LogP contribution in [0.4, 0.5) is 0 Å². The Morgan fingerprint density at radius 3 is 2.19 bits per heavy atom. The topological polar surface area (TPSA) is 222 Å². The van der Waals surface area contributed by atoms with Crippen LogP contribution < -0.4 is 27.4 Å². The molecule has 13 heteroatoms. The van der Waals surface area contributed by atoms with Gasteiger partial charge in [-0.2, -0.15) is 0 Å². The number of aromatic nitrogens is 2. The van der Waals surface area contributed by atoms with Crippen molar-refractivity contribution in [2.24, 2.45) is 17.4 Å². The summed E-state index contributed by atoms with van der Waals surface area (Å²) in [7, 11) is 0. The second-order valence-electron chi connectivity index (χ2n) is 7.70. The summed E-state index contributed by atoms with van der Waals surface area (Å²) in [5.74, 6) is -3.97. The zero-order valence-corrected chi connectivity index (χ0v) is 18.1. The van der Waals surface area contributed by atoms with Gasteiger partial charge in [0.05, 0.1) is 12.9 Å². The molecule has 0 aliphatic rings. The molecule has 9 N–H and O–H groups in total. The summed E-state index contributed by atoms with van der Waals surface area (Å²) in [5, 5.41) is 16.8. The average Bonchev–Trinajstić information content (AvgIpc) is 3.22. The number of aromatic amines is 1. The second kappa shape index (κ2) is 13.0. The van der Waals surface area contributed by atoms with Crippen LogP contribution in [0, 0.1) is 5.92 Å². The Labute approximate surface area is 185 Å². The Hall–Kier alpha value is -3.48. The monoisotopic (exact) mass is 453 g/mol. The zero-order chi connectivity index (χ0) is 24.3. The summed E-state index contributed by atoms with van der Waals surface area (Å²) >= 11 is 0. The molecule has 0 aliphatic heterocycles. The zero-order valence-electron chi connectivity index (χ0n) is 18.1. The highest BCUT2D eigenvalue weighted by Crippen LogP contribution is 2.08. The summed E-state index contributed by atoms with van der Waals surface area (Å²) < 4.78 is 0. The van der Waals surface area contributed by atoms with Gasteiger partial charge in [0.1, 0.15) is 18.1 Å². The summed E-state index contributed by atoms with van der Waals surface area (Å²) in [4.78, 5) is 66.5. The highest BCUT2D eigenvalue weighted by atomic mass is 16.4. The van der Waals surface area contributed by atoms with Crippen molar-refractivity contribution in [2.75, 3.05) is 6.54 Å². The molecular formula is C19H31N7O6. The van der Waals surface area contributed by atoms with Gasteiger partial charge in [0.2, 0.25) is 23.6 Å². The van der Waals surface area contributed by atoms with E-state index >= 15 is 0 Å². The smallest absolute Gasteiger partial charge is 0.326 e. The fourth-order valence-corrected chi connectivity index (χ4v) is 2.87. The predicted octanol–water partition coefficient (Wildman–Crippen LogP) is -2.24. The SMILES string of the molecule is CC(C)CC(NC(=O)C(CCC(N)=O)NC(=O)CN)C(=O)NC(Cc1cnc[nH]1)C(=O)O. The fourth-order valence-electron chi connectivity index (χ4n) is 2.87. The number of hydrogen-bond acceptors (Lipinski definition) is 7. The van der Waals surface area contributed by atoms with Crippen LogP contribution in [0.5, 0.6) is 0 Å². The van der Waals surface area contributed by atoms with Crippen molar-refractivity contribution in [3.63, 3.8) is 0 Å². The first kappa shape index (κ1) is 26.6. The van der Waals surface area contributed by atoms with Crippen LogP contribution in [0.2, 0.25) is 0 Å². The first-order valence-corrected chi connectivity index (χ1v) is 10.1. The van der Waals surface area contributed by atoms with Crippen LogP contribution in [-0.2, 0) is 30.4 Å². The van der Waals surface area contributed by atoms with Gasteiger partial charge in [-0.1, -0.05) is 13.8 Å². The second-order valence-corrected chi connectivity index (χ2v) is 7.70. The van der Waals surface area contributed by atoms with E-state index in [1.54, 1.807) is 0 Å². The van der Waals surface area contributed by atoms with Crippen LogP contribution in [-0.4, -0.2) is 69.3 Å². The van der Waals surface area contributed by atoms with Gasteiger partial charge in [-0.05, 0) is 18.8 Å². The minimum absolute atomic E-state index is 0.0235. The van der Waals surface area contributed by atoms with Gasteiger partial charge in [-0.3, -0.25) is 19.2 Å². The number of hydrogen-bond donors (Lipinski definition) is 7. The first-order chi connectivity index (χ1) is 15.0. The number of nitrogens with one attached hydrogen (secondary N) is 4. The van der Waals surface area contributed by atoms with E-state index in [4.69, 9.17) is 11.5 Å². The van der Waals surface area contributed by atoms with Crippen molar-refractivity contribution in [3.05, 3.63) is 18.2 Å². The molecule has 0 bridgehead atoms. The Morgan fingerprint density at radius 1 is 1.06 bits per heavy atom. The molecule has 1 rings (SSSR count). The maximum absolute atomic E-state index is 12.8. The highest BCUT2D eigenvalue weighted by Gasteiger charge is 2.30. The third kappa shape index (κ3) is 9.55. The molecule has 3 atom stereocenters. The van der Waals surface area contributed by atoms with Crippen molar-refractivity contribution in [1.82, 2.24) is 25.9 Å². The number of rotatable bonds is 14. The van der Waals surface area contributed by atoms with E-state index < -0.39 is 47.7 Å². The molecule has 1 heterocycles. The van der Waals surface area contributed by atoms with Crippen molar-refractivity contribution in [3.8, 4) is 0 Å². The molecule has 0 saturated heterocycles. The molecule has 32 heavy (non-hydrogen) atoms. The first-order valence-electron chi connectivity index (χ1n) is 10.1. The molecule has 178 valence electrons. The number of primary amides is 1. The van der Waals surface area contributed by atoms with Crippen LogP contribution in [0.1, 0.15) is 38.8 Å². The van der Waals surface area contributed by atoms with Crippen LogP contribution >= 0.6 is 0 Å². The molecule has 3 unspecified atom stereocenters. The van der Waals surface area contributed by atoms with E-state index in [0.29, 0.717) is 5.69 Å². The lowest BCUT2D eigenvalue weighted by Crippen LogP contribution is -2.56. The van der Waals surface area contributed by atoms with E-state index in [1.807, 2.05) is 13.8 Å². The number of carboxylic acids is 1. The number of nitrogens with two attached hydrogens (primary N) is 2. The molecule has 0 aromatic carbocycles. The van der Waals surface area contributed by atoms with Gasteiger partial charge in [0, 0.05) is 24.7 Å².